The standard InChI is InChI=1S/C15H12F3N5S2/c1-8-4-3-5-10(9(8)2)19-13-22-23-14(25-13)24-12-7-6-11(20-21-12)15(16,17)18/h3-7H,1-2H3,(H,19,22). The van der Waals surface area contributed by atoms with Crippen molar-refractivity contribution in [2.24, 2.45) is 0 Å². The van der Waals surface area contributed by atoms with Crippen LogP contribution in [0, 0.1) is 13.8 Å². The fraction of sp³-hybridized carbons (Fsp3) is 0.200. The number of hydrogen-bond acceptors (Lipinski definition) is 7. The summed E-state index contributed by atoms with van der Waals surface area (Å²) in [5.41, 5.74) is 2.18. The second-order valence-corrected chi connectivity index (χ2v) is 7.35. The molecule has 3 aromatic rings. The molecule has 130 valence electrons. The van der Waals surface area contributed by atoms with Gasteiger partial charge in [0.1, 0.15) is 5.03 Å². The lowest BCUT2D eigenvalue weighted by atomic mass is 10.1. The number of aryl methyl sites for hydroxylation is 1. The van der Waals surface area contributed by atoms with E-state index in [0.717, 1.165) is 34.6 Å². The molecule has 3 rings (SSSR count). The van der Waals surface area contributed by atoms with E-state index in [0.29, 0.717) is 14.5 Å². The van der Waals surface area contributed by atoms with Crippen LogP contribution in [0.3, 0.4) is 0 Å². The van der Waals surface area contributed by atoms with E-state index in [9.17, 15) is 13.2 Å². The van der Waals surface area contributed by atoms with Crippen molar-refractivity contribution in [3.05, 3.63) is 47.2 Å². The molecule has 0 bridgehead atoms. The average molecular weight is 383 g/mol. The van der Waals surface area contributed by atoms with Gasteiger partial charge in [-0.25, -0.2) is 0 Å². The van der Waals surface area contributed by atoms with Gasteiger partial charge in [0.25, 0.3) is 0 Å². The van der Waals surface area contributed by atoms with Crippen LogP contribution in [0.5, 0.6) is 0 Å². The number of hydrogen-bond donors (Lipinski definition) is 1. The monoisotopic (exact) mass is 383 g/mol. The minimum Gasteiger partial charge on any atom is -0.330 e. The average Bonchev–Trinajstić information content (AvgIpc) is 2.98. The first-order valence-electron chi connectivity index (χ1n) is 7.08. The third-order valence-corrected chi connectivity index (χ3v) is 5.19. The van der Waals surface area contributed by atoms with Crippen LogP contribution in [0.4, 0.5) is 24.0 Å². The quantitative estimate of drug-likeness (QED) is 0.694. The first-order chi connectivity index (χ1) is 11.8. The van der Waals surface area contributed by atoms with Gasteiger partial charge in [-0.2, -0.15) is 13.2 Å². The number of rotatable bonds is 4. The summed E-state index contributed by atoms with van der Waals surface area (Å²) < 4.78 is 38.0. The number of nitrogens with zero attached hydrogens (tertiary/aromatic N) is 4. The SMILES string of the molecule is Cc1cccc(Nc2nnc(Sc3ccc(C(F)(F)F)nn3)s2)c1C. The second kappa shape index (κ2) is 6.96. The van der Waals surface area contributed by atoms with Crippen LogP contribution < -0.4 is 5.32 Å². The lowest BCUT2D eigenvalue weighted by Gasteiger charge is -2.08. The molecule has 2 heterocycles. The fourth-order valence-corrected chi connectivity index (χ4v) is 3.55. The van der Waals surface area contributed by atoms with Gasteiger partial charge >= 0.3 is 6.18 Å². The molecule has 0 aliphatic rings. The van der Waals surface area contributed by atoms with Crippen molar-refractivity contribution < 1.29 is 13.2 Å². The molecule has 0 unspecified atom stereocenters. The molecular weight excluding hydrogens is 371 g/mol. The molecule has 0 radical (unpaired) electrons. The van der Waals surface area contributed by atoms with E-state index in [2.05, 4.69) is 25.7 Å². The van der Waals surface area contributed by atoms with Crippen LogP contribution >= 0.6 is 23.1 Å². The molecule has 0 aliphatic carbocycles. The van der Waals surface area contributed by atoms with E-state index in [4.69, 9.17) is 0 Å². The summed E-state index contributed by atoms with van der Waals surface area (Å²) in [5, 5.41) is 18.9. The van der Waals surface area contributed by atoms with Crippen molar-refractivity contribution >= 4 is 33.9 Å². The van der Waals surface area contributed by atoms with Crippen LogP contribution in [0.2, 0.25) is 0 Å². The van der Waals surface area contributed by atoms with E-state index < -0.39 is 11.9 Å². The Morgan fingerprint density at radius 3 is 2.48 bits per heavy atom. The summed E-state index contributed by atoms with van der Waals surface area (Å²) in [7, 11) is 0. The van der Waals surface area contributed by atoms with E-state index in [1.54, 1.807) is 0 Å². The van der Waals surface area contributed by atoms with Gasteiger partial charge in [-0.05, 0) is 54.9 Å². The van der Waals surface area contributed by atoms with Crippen molar-refractivity contribution in [3.8, 4) is 0 Å². The van der Waals surface area contributed by atoms with Crippen molar-refractivity contribution in [2.75, 3.05) is 5.32 Å². The molecule has 0 amide bonds. The van der Waals surface area contributed by atoms with Crippen LogP contribution in [0.25, 0.3) is 0 Å². The number of halogens is 3. The smallest absolute Gasteiger partial charge is 0.330 e. The third-order valence-electron chi connectivity index (χ3n) is 3.38. The molecule has 1 N–H and O–H groups in total. The van der Waals surface area contributed by atoms with Crippen molar-refractivity contribution in [3.63, 3.8) is 0 Å². The van der Waals surface area contributed by atoms with Gasteiger partial charge in [0.2, 0.25) is 5.13 Å². The molecule has 0 aliphatic heterocycles. The summed E-state index contributed by atoms with van der Waals surface area (Å²) in [6.07, 6.45) is -4.50. The van der Waals surface area contributed by atoms with Crippen molar-refractivity contribution in [1.29, 1.82) is 0 Å². The molecule has 0 spiro atoms. The molecule has 5 nitrogen and oxygen atoms in total. The maximum atomic E-state index is 12.5. The molecule has 0 atom stereocenters. The van der Waals surface area contributed by atoms with E-state index in [-0.39, 0.29) is 0 Å². The van der Waals surface area contributed by atoms with Crippen molar-refractivity contribution in [2.45, 2.75) is 29.4 Å². The van der Waals surface area contributed by atoms with Gasteiger partial charge in [-0.3, -0.25) is 0 Å². The molecular formula is C15H12F3N5S2. The fourth-order valence-electron chi connectivity index (χ4n) is 1.92. The Morgan fingerprint density at radius 2 is 1.80 bits per heavy atom. The first-order valence-corrected chi connectivity index (χ1v) is 8.72. The second-order valence-electron chi connectivity index (χ2n) is 5.10. The van der Waals surface area contributed by atoms with E-state index in [1.165, 1.54) is 17.4 Å². The third kappa shape index (κ3) is 4.26. The molecule has 0 saturated carbocycles. The Hall–Kier alpha value is -2.20. The van der Waals surface area contributed by atoms with Gasteiger partial charge in [0.05, 0.1) is 0 Å². The number of nitrogens with one attached hydrogen (secondary N) is 1. The molecule has 0 fully saturated rings. The summed E-state index contributed by atoms with van der Waals surface area (Å²) in [4.78, 5) is 0. The zero-order valence-corrected chi connectivity index (χ0v) is 14.8. The van der Waals surface area contributed by atoms with Crippen LogP contribution in [-0.2, 0) is 6.18 Å². The maximum absolute atomic E-state index is 12.5. The van der Waals surface area contributed by atoms with Crippen LogP contribution in [0.1, 0.15) is 16.8 Å². The van der Waals surface area contributed by atoms with Crippen LogP contribution in [0.15, 0.2) is 39.7 Å². The summed E-state index contributed by atoms with van der Waals surface area (Å²) in [6, 6.07) is 8.06. The normalized spacial score (nSPS) is 11.6. The zero-order valence-electron chi connectivity index (χ0n) is 13.1. The largest absolute Gasteiger partial charge is 0.435 e. The minimum atomic E-state index is -4.50. The topological polar surface area (TPSA) is 63.6 Å². The molecule has 0 saturated heterocycles. The Labute approximate surface area is 149 Å². The van der Waals surface area contributed by atoms with Gasteiger partial charge in [0.15, 0.2) is 10.0 Å². The highest BCUT2D eigenvalue weighted by molar-refractivity contribution is 8.01. The highest BCUT2D eigenvalue weighted by atomic mass is 32.2. The van der Waals surface area contributed by atoms with Crippen molar-refractivity contribution in [1.82, 2.24) is 20.4 Å². The molecule has 2 aromatic heterocycles. The number of alkyl halides is 3. The summed E-state index contributed by atoms with van der Waals surface area (Å²) in [5.74, 6) is 0. The Kier molecular flexibility index (Phi) is 4.91. The maximum Gasteiger partial charge on any atom is 0.435 e. The summed E-state index contributed by atoms with van der Waals surface area (Å²) in [6.45, 7) is 4.03. The number of benzene rings is 1. The van der Waals surface area contributed by atoms with E-state index >= 15 is 0 Å². The molecule has 25 heavy (non-hydrogen) atoms. The number of aromatic nitrogens is 4. The van der Waals surface area contributed by atoms with Crippen LogP contribution in [-0.4, -0.2) is 20.4 Å². The van der Waals surface area contributed by atoms with Gasteiger partial charge in [-0.15, -0.1) is 20.4 Å². The zero-order chi connectivity index (χ0) is 18.0. The predicted molar refractivity (Wildman–Crippen MR) is 90.3 cm³/mol. The lowest BCUT2D eigenvalue weighted by molar-refractivity contribution is -0.141. The lowest BCUT2D eigenvalue weighted by Crippen LogP contribution is -2.08. The predicted octanol–water partition coefficient (Wildman–Crippen LogP) is 4.86. The van der Waals surface area contributed by atoms with Gasteiger partial charge in [0, 0.05) is 5.69 Å². The molecule has 1 aromatic carbocycles. The Bertz CT molecular complexity index is 878. The number of anilines is 2. The highest BCUT2D eigenvalue weighted by Gasteiger charge is 2.32. The Morgan fingerprint density at radius 1 is 1.00 bits per heavy atom. The highest BCUT2D eigenvalue weighted by Crippen LogP contribution is 2.33. The Balaban J connectivity index is 1.70. The minimum absolute atomic E-state index is 0.322. The first kappa shape index (κ1) is 17.6. The molecule has 10 heteroatoms. The van der Waals surface area contributed by atoms with Gasteiger partial charge in [-0.1, -0.05) is 23.5 Å². The summed E-state index contributed by atoms with van der Waals surface area (Å²) >= 11 is 2.40. The van der Waals surface area contributed by atoms with Gasteiger partial charge < -0.3 is 5.32 Å². The van der Waals surface area contributed by atoms with E-state index in [1.807, 2.05) is 32.0 Å².